The Balaban J connectivity index is 1.85. The minimum atomic E-state index is -0.408. The van der Waals surface area contributed by atoms with Gasteiger partial charge in [-0.1, -0.05) is 35.0 Å². The third-order valence-electron chi connectivity index (χ3n) is 2.52. The second-order valence-electron chi connectivity index (χ2n) is 4.29. The van der Waals surface area contributed by atoms with E-state index >= 15 is 0 Å². The summed E-state index contributed by atoms with van der Waals surface area (Å²) in [7, 11) is 0. The first-order valence-corrected chi connectivity index (χ1v) is 5.97. The van der Waals surface area contributed by atoms with Crippen LogP contribution < -0.4 is 0 Å². The molecule has 1 aromatic carbocycles. The third-order valence-corrected chi connectivity index (χ3v) is 2.52. The van der Waals surface area contributed by atoms with E-state index in [4.69, 9.17) is 9.26 Å². The van der Waals surface area contributed by atoms with E-state index in [9.17, 15) is 4.79 Å². The van der Waals surface area contributed by atoms with Crippen LogP contribution in [0.25, 0.3) is 6.08 Å². The predicted molar refractivity (Wildman–Crippen MR) is 71.2 cm³/mol. The number of esters is 1. The number of benzene rings is 1. The summed E-state index contributed by atoms with van der Waals surface area (Å²) >= 11 is 0. The van der Waals surface area contributed by atoms with Crippen molar-refractivity contribution in [3.63, 3.8) is 0 Å². The molecule has 0 unspecified atom stereocenters. The molecule has 4 nitrogen and oxygen atoms in total. The van der Waals surface area contributed by atoms with Gasteiger partial charge in [0.1, 0.15) is 0 Å². The molecule has 0 aliphatic heterocycles. The Morgan fingerprint density at radius 1 is 1.32 bits per heavy atom. The van der Waals surface area contributed by atoms with Crippen LogP contribution in [0.2, 0.25) is 0 Å². The SMILES string of the molecule is Cc1ccc(/C=C/C(=O)OCc2cc(C)no2)cc1. The zero-order valence-electron chi connectivity index (χ0n) is 10.9. The molecule has 0 bridgehead atoms. The molecule has 0 saturated heterocycles. The first-order valence-electron chi connectivity index (χ1n) is 5.97. The topological polar surface area (TPSA) is 52.3 Å². The molecule has 0 aliphatic rings. The van der Waals surface area contributed by atoms with E-state index in [2.05, 4.69) is 5.16 Å². The summed E-state index contributed by atoms with van der Waals surface area (Å²) in [6.07, 6.45) is 3.11. The average molecular weight is 257 g/mol. The van der Waals surface area contributed by atoms with E-state index in [0.717, 1.165) is 11.3 Å². The van der Waals surface area contributed by atoms with E-state index in [0.29, 0.717) is 5.76 Å². The van der Waals surface area contributed by atoms with Crippen LogP contribution in [0, 0.1) is 13.8 Å². The van der Waals surface area contributed by atoms with Gasteiger partial charge in [0.25, 0.3) is 0 Å². The van der Waals surface area contributed by atoms with Gasteiger partial charge in [-0.25, -0.2) is 4.79 Å². The molecule has 2 rings (SSSR count). The Morgan fingerprint density at radius 2 is 2.05 bits per heavy atom. The van der Waals surface area contributed by atoms with E-state index in [1.807, 2.05) is 38.1 Å². The standard InChI is InChI=1S/C15H15NO3/c1-11-3-5-13(6-4-11)7-8-15(17)18-10-14-9-12(2)16-19-14/h3-9H,10H2,1-2H3/b8-7+. The fraction of sp³-hybridized carbons (Fsp3) is 0.200. The number of rotatable bonds is 4. The highest BCUT2D eigenvalue weighted by atomic mass is 16.5. The molecule has 0 N–H and O–H groups in total. The molecule has 0 fully saturated rings. The lowest BCUT2D eigenvalue weighted by Gasteiger charge is -1.98. The molecule has 0 saturated carbocycles. The van der Waals surface area contributed by atoms with Crippen molar-refractivity contribution in [3.05, 3.63) is 59.0 Å². The van der Waals surface area contributed by atoms with Gasteiger partial charge in [-0.3, -0.25) is 0 Å². The first-order chi connectivity index (χ1) is 9.13. The van der Waals surface area contributed by atoms with Gasteiger partial charge in [0.05, 0.1) is 5.69 Å². The van der Waals surface area contributed by atoms with Crippen molar-refractivity contribution in [1.82, 2.24) is 5.16 Å². The lowest BCUT2D eigenvalue weighted by Crippen LogP contribution is -1.99. The molecule has 0 spiro atoms. The third kappa shape index (κ3) is 4.10. The van der Waals surface area contributed by atoms with Crippen LogP contribution in [0.4, 0.5) is 0 Å². The maximum atomic E-state index is 11.5. The summed E-state index contributed by atoms with van der Waals surface area (Å²) in [5.74, 6) is 0.129. The van der Waals surface area contributed by atoms with Gasteiger partial charge in [-0.05, 0) is 25.5 Å². The maximum absolute atomic E-state index is 11.5. The van der Waals surface area contributed by atoms with Crippen LogP contribution in [0.1, 0.15) is 22.6 Å². The Kier molecular flexibility index (Phi) is 4.13. The van der Waals surface area contributed by atoms with Crippen molar-refractivity contribution in [2.24, 2.45) is 0 Å². The number of aromatic nitrogens is 1. The molecule has 1 heterocycles. The van der Waals surface area contributed by atoms with E-state index < -0.39 is 5.97 Å². The van der Waals surface area contributed by atoms with Gasteiger partial charge in [0.15, 0.2) is 12.4 Å². The minimum absolute atomic E-state index is 0.0951. The summed E-state index contributed by atoms with van der Waals surface area (Å²) in [6.45, 7) is 3.92. The second-order valence-corrected chi connectivity index (χ2v) is 4.29. The van der Waals surface area contributed by atoms with Gasteiger partial charge in [0, 0.05) is 12.1 Å². The van der Waals surface area contributed by atoms with E-state index in [1.165, 1.54) is 11.6 Å². The number of carbonyl (C=O) groups is 1. The maximum Gasteiger partial charge on any atom is 0.331 e. The molecule has 1 aromatic heterocycles. The molecule has 19 heavy (non-hydrogen) atoms. The Bertz CT molecular complexity index is 582. The van der Waals surface area contributed by atoms with E-state index in [1.54, 1.807) is 12.1 Å². The first kappa shape index (κ1) is 13.1. The van der Waals surface area contributed by atoms with Crippen molar-refractivity contribution < 1.29 is 14.1 Å². The Morgan fingerprint density at radius 3 is 2.68 bits per heavy atom. The second kappa shape index (κ2) is 6.00. The van der Waals surface area contributed by atoms with Gasteiger partial charge < -0.3 is 9.26 Å². The number of aryl methyl sites for hydroxylation is 2. The highest BCUT2D eigenvalue weighted by molar-refractivity contribution is 5.86. The Labute approximate surface area is 111 Å². The highest BCUT2D eigenvalue weighted by Gasteiger charge is 2.03. The smallest absolute Gasteiger partial charge is 0.331 e. The van der Waals surface area contributed by atoms with Crippen molar-refractivity contribution in [1.29, 1.82) is 0 Å². The lowest BCUT2D eigenvalue weighted by atomic mass is 10.1. The molecular formula is C15H15NO3. The summed E-state index contributed by atoms with van der Waals surface area (Å²) in [5.41, 5.74) is 2.90. The zero-order valence-corrected chi connectivity index (χ0v) is 10.9. The number of carbonyl (C=O) groups excluding carboxylic acids is 1. The number of hydrogen-bond donors (Lipinski definition) is 0. The van der Waals surface area contributed by atoms with Crippen LogP contribution in [-0.4, -0.2) is 11.1 Å². The van der Waals surface area contributed by atoms with Crippen LogP contribution in [0.3, 0.4) is 0 Å². The van der Waals surface area contributed by atoms with Crippen molar-refractivity contribution >= 4 is 12.0 Å². The molecule has 0 amide bonds. The van der Waals surface area contributed by atoms with E-state index in [-0.39, 0.29) is 6.61 Å². The lowest BCUT2D eigenvalue weighted by molar-refractivity contribution is -0.139. The molecule has 4 heteroatoms. The van der Waals surface area contributed by atoms with Gasteiger partial charge >= 0.3 is 5.97 Å². The van der Waals surface area contributed by atoms with Gasteiger partial charge in [-0.2, -0.15) is 0 Å². The summed E-state index contributed by atoms with van der Waals surface area (Å²) in [4.78, 5) is 11.5. The predicted octanol–water partition coefficient (Wildman–Crippen LogP) is 3.05. The minimum Gasteiger partial charge on any atom is -0.454 e. The van der Waals surface area contributed by atoms with Gasteiger partial charge in [0.2, 0.25) is 0 Å². The van der Waals surface area contributed by atoms with Crippen molar-refractivity contribution in [3.8, 4) is 0 Å². The molecular weight excluding hydrogens is 242 g/mol. The normalized spacial score (nSPS) is 10.8. The van der Waals surface area contributed by atoms with Crippen LogP contribution in [0.5, 0.6) is 0 Å². The number of nitrogens with zero attached hydrogens (tertiary/aromatic N) is 1. The molecule has 2 aromatic rings. The summed E-state index contributed by atoms with van der Waals surface area (Å²) < 4.78 is 9.97. The fourth-order valence-corrected chi connectivity index (χ4v) is 1.52. The summed E-state index contributed by atoms with van der Waals surface area (Å²) in [6, 6.07) is 9.60. The van der Waals surface area contributed by atoms with Crippen LogP contribution >= 0.6 is 0 Å². The zero-order chi connectivity index (χ0) is 13.7. The largest absolute Gasteiger partial charge is 0.454 e. The summed E-state index contributed by atoms with van der Waals surface area (Å²) in [5, 5.41) is 3.71. The monoisotopic (exact) mass is 257 g/mol. The average Bonchev–Trinajstić information content (AvgIpc) is 2.81. The molecule has 0 aliphatic carbocycles. The number of hydrogen-bond acceptors (Lipinski definition) is 4. The Hall–Kier alpha value is -2.36. The quantitative estimate of drug-likeness (QED) is 0.624. The van der Waals surface area contributed by atoms with Crippen LogP contribution in [0.15, 0.2) is 40.9 Å². The molecule has 98 valence electrons. The van der Waals surface area contributed by atoms with Crippen molar-refractivity contribution in [2.45, 2.75) is 20.5 Å². The molecule has 0 radical (unpaired) electrons. The molecule has 0 atom stereocenters. The highest BCUT2D eigenvalue weighted by Crippen LogP contribution is 2.06. The number of ether oxygens (including phenoxy) is 1. The fourth-order valence-electron chi connectivity index (χ4n) is 1.52. The van der Waals surface area contributed by atoms with Gasteiger partial charge in [-0.15, -0.1) is 0 Å². The van der Waals surface area contributed by atoms with Crippen LogP contribution in [-0.2, 0) is 16.1 Å². The van der Waals surface area contributed by atoms with Crippen molar-refractivity contribution in [2.75, 3.05) is 0 Å².